The molecule has 1 N–H and O–H groups in total. The van der Waals surface area contributed by atoms with Crippen molar-refractivity contribution in [2.24, 2.45) is 0 Å². The highest BCUT2D eigenvalue weighted by Gasteiger charge is 2.19. The summed E-state index contributed by atoms with van der Waals surface area (Å²) in [7, 11) is 2.11. The lowest BCUT2D eigenvalue weighted by atomic mass is 10.1. The minimum atomic E-state index is -0.246. The molecule has 0 aliphatic carbocycles. The third kappa shape index (κ3) is 5.47. The number of amides is 1. The summed E-state index contributed by atoms with van der Waals surface area (Å²) < 4.78 is 5.43. The Morgan fingerprint density at radius 3 is 2.44 bits per heavy atom. The van der Waals surface area contributed by atoms with Crippen LogP contribution in [0.3, 0.4) is 0 Å². The number of nitrogens with zero attached hydrogens (tertiary/aromatic N) is 1. The van der Waals surface area contributed by atoms with Gasteiger partial charge in [-0.2, -0.15) is 0 Å². The number of piperidine rings is 1. The van der Waals surface area contributed by atoms with Crippen LogP contribution in [0.1, 0.15) is 33.6 Å². The van der Waals surface area contributed by atoms with Gasteiger partial charge in [0.1, 0.15) is 6.61 Å². The fourth-order valence-corrected chi connectivity index (χ4v) is 1.70. The highest BCUT2D eigenvalue weighted by atomic mass is 16.5. The van der Waals surface area contributed by atoms with Crippen molar-refractivity contribution in [3.8, 4) is 0 Å². The molecular weight excluding hydrogens is 204 g/mol. The fourth-order valence-electron chi connectivity index (χ4n) is 1.70. The van der Waals surface area contributed by atoms with Gasteiger partial charge in [-0.25, -0.2) is 0 Å². The summed E-state index contributed by atoms with van der Waals surface area (Å²) in [6, 6.07) is 0.326. The summed E-state index contributed by atoms with van der Waals surface area (Å²) in [6.45, 7) is 8.15. The number of rotatable bonds is 3. The van der Waals surface area contributed by atoms with E-state index in [9.17, 15) is 4.79 Å². The van der Waals surface area contributed by atoms with Gasteiger partial charge in [0, 0.05) is 6.04 Å². The molecule has 0 atom stereocenters. The van der Waals surface area contributed by atoms with Crippen LogP contribution < -0.4 is 5.32 Å². The second-order valence-electron chi connectivity index (χ2n) is 5.55. The van der Waals surface area contributed by atoms with E-state index in [1.165, 1.54) is 0 Å². The van der Waals surface area contributed by atoms with Gasteiger partial charge in [0.15, 0.2) is 0 Å². The van der Waals surface area contributed by atoms with E-state index in [1.807, 2.05) is 20.8 Å². The van der Waals surface area contributed by atoms with Gasteiger partial charge in [0.05, 0.1) is 5.60 Å². The summed E-state index contributed by atoms with van der Waals surface area (Å²) >= 11 is 0. The lowest BCUT2D eigenvalue weighted by Gasteiger charge is -2.29. The molecule has 0 unspecified atom stereocenters. The second kappa shape index (κ2) is 5.64. The Morgan fingerprint density at radius 2 is 1.94 bits per heavy atom. The van der Waals surface area contributed by atoms with Crippen LogP contribution in [-0.2, 0) is 9.53 Å². The first kappa shape index (κ1) is 13.5. The van der Waals surface area contributed by atoms with Crippen molar-refractivity contribution in [1.29, 1.82) is 0 Å². The van der Waals surface area contributed by atoms with Crippen molar-refractivity contribution in [3.63, 3.8) is 0 Å². The number of carbonyl (C=O) groups is 1. The van der Waals surface area contributed by atoms with Gasteiger partial charge in [-0.15, -0.1) is 0 Å². The SMILES string of the molecule is CN1CCC(NC(=O)COC(C)(C)C)CC1. The van der Waals surface area contributed by atoms with E-state index in [-0.39, 0.29) is 18.1 Å². The van der Waals surface area contributed by atoms with Gasteiger partial charge < -0.3 is 15.0 Å². The molecule has 1 heterocycles. The van der Waals surface area contributed by atoms with Gasteiger partial charge in [-0.1, -0.05) is 0 Å². The topological polar surface area (TPSA) is 41.6 Å². The van der Waals surface area contributed by atoms with Gasteiger partial charge in [-0.3, -0.25) is 4.79 Å². The summed E-state index contributed by atoms with van der Waals surface area (Å²) in [4.78, 5) is 13.9. The molecule has 94 valence electrons. The average Bonchev–Trinajstić information content (AvgIpc) is 2.18. The molecule has 1 aliphatic heterocycles. The molecule has 16 heavy (non-hydrogen) atoms. The monoisotopic (exact) mass is 228 g/mol. The van der Waals surface area contributed by atoms with Crippen LogP contribution >= 0.6 is 0 Å². The summed E-state index contributed by atoms with van der Waals surface area (Å²) in [5.41, 5.74) is -0.246. The van der Waals surface area contributed by atoms with Crippen LogP contribution in [0.25, 0.3) is 0 Å². The van der Waals surface area contributed by atoms with Crippen LogP contribution in [0.5, 0.6) is 0 Å². The number of likely N-dealkylation sites (tertiary alicyclic amines) is 1. The number of hydrogen-bond donors (Lipinski definition) is 1. The van der Waals surface area contributed by atoms with Gasteiger partial charge in [0.25, 0.3) is 0 Å². The lowest BCUT2D eigenvalue weighted by molar-refractivity contribution is -0.131. The maximum absolute atomic E-state index is 11.6. The van der Waals surface area contributed by atoms with Crippen LogP contribution in [0.2, 0.25) is 0 Å². The van der Waals surface area contributed by atoms with E-state index in [0.29, 0.717) is 6.04 Å². The Labute approximate surface area is 98.3 Å². The number of carbonyl (C=O) groups excluding carboxylic acids is 1. The predicted molar refractivity (Wildman–Crippen MR) is 64.4 cm³/mol. The van der Waals surface area contributed by atoms with E-state index in [1.54, 1.807) is 0 Å². The quantitative estimate of drug-likeness (QED) is 0.784. The molecule has 4 nitrogen and oxygen atoms in total. The van der Waals surface area contributed by atoms with Gasteiger partial charge in [0.2, 0.25) is 5.91 Å². The molecule has 0 radical (unpaired) electrons. The lowest BCUT2D eigenvalue weighted by Crippen LogP contribution is -2.45. The number of hydrogen-bond acceptors (Lipinski definition) is 3. The summed E-state index contributed by atoms with van der Waals surface area (Å²) in [5, 5.41) is 3.02. The molecule has 1 fully saturated rings. The van der Waals surface area contributed by atoms with E-state index in [4.69, 9.17) is 4.74 Å². The smallest absolute Gasteiger partial charge is 0.246 e. The molecule has 1 rings (SSSR count). The average molecular weight is 228 g/mol. The standard InChI is InChI=1S/C12H24N2O2/c1-12(2,3)16-9-11(15)13-10-5-7-14(4)8-6-10/h10H,5-9H2,1-4H3,(H,13,15). The third-order valence-electron chi connectivity index (χ3n) is 2.72. The van der Waals surface area contributed by atoms with Crippen LogP contribution in [0.4, 0.5) is 0 Å². The minimum absolute atomic E-state index is 0.00415. The maximum Gasteiger partial charge on any atom is 0.246 e. The van der Waals surface area contributed by atoms with Crippen molar-refractivity contribution in [2.45, 2.75) is 45.3 Å². The van der Waals surface area contributed by atoms with E-state index < -0.39 is 0 Å². The van der Waals surface area contributed by atoms with Gasteiger partial charge >= 0.3 is 0 Å². The van der Waals surface area contributed by atoms with Crippen molar-refractivity contribution in [2.75, 3.05) is 26.7 Å². The zero-order chi connectivity index (χ0) is 12.2. The Morgan fingerprint density at radius 1 is 1.38 bits per heavy atom. The molecule has 0 saturated carbocycles. The highest BCUT2D eigenvalue weighted by Crippen LogP contribution is 2.09. The largest absolute Gasteiger partial charge is 0.366 e. The predicted octanol–water partition coefficient (Wildman–Crippen LogP) is 1.01. The fraction of sp³-hybridized carbons (Fsp3) is 0.917. The Balaban J connectivity index is 2.19. The summed E-state index contributed by atoms with van der Waals surface area (Å²) in [5.74, 6) is 0.00415. The van der Waals surface area contributed by atoms with Gasteiger partial charge in [-0.05, 0) is 53.8 Å². The zero-order valence-corrected chi connectivity index (χ0v) is 10.9. The Hall–Kier alpha value is -0.610. The normalized spacial score (nSPS) is 19.8. The minimum Gasteiger partial charge on any atom is -0.366 e. The molecule has 1 amide bonds. The molecular formula is C12H24N2O2. The Bertz CT molecular complexity index is 228. The first-order valence-electron chi connectivity index (χ1n) is 5.99. The molecule has 0 spiro atoms. The van der Waals surface area contributed by atoms with Crippen molar-refractivity contribution in [3.05, 3.63) is 0 Å². The van der Waals surface area contributed by atoms with Crippen molar-refractivity contribution >= 4 is 5.91 Å². The highest BCUT2D eigenvalue weighted by molar-refractivity contribution is 5.77. The maximum atomic E-state index is 11.6. The summed E-state index contributed by atoms with van der Waals surface area (Å²) in [6.07, 6.45) is 2.08. The molecule has 0 aromatic carbocycles. The van der Waals surface area contributed by atoms with E-state index in [2.05, 4.69) is 17.3 Å². The number of ether oxygens (including phenoxy) is 1. The molecule has 1 saturated heterocycles. The third-order valence-corrected chi connectivity index (χ3v) is 2.72. The first-order chi connectivity index (χ1) is 7.37. The van der Waals surface area contributed by atoms with Crippen molar-refractivity contribution in [1.82, 2.24) is 10.2 Å². The Kier molecular flexibility index (Phi) is 4.74. The zero-order valence-electron chi connectivity index (χ0n) is 10.9. The molecule has 0 aromatic rings. The number of nitrogens with one attached hydrogen (secondary N) is 1. The van der Waals surface area contributed by atoms with Crippen LogP contribution in [-0.4, -0.2) is 49.2 Å². The van der Waals surface area contributed by atoms with Crippen molar-refractivity contribution < 1.29 is 9.53 Å². The molecule has 0 aromatic heterocycles. The molecule has 1 aliphatic rings. The van der Waals surface area contributed by atoms with E-state index >= 15 is 0 Å². The van der Waals surface area contributed by atoms with Crippen LogP contribution in [0.15, 0.2) is 0 Å². The molecule has 0 bridgehead atoms. The van der Waals surface area contributed by atoms with Crippen LogP contribution in [0, 0.1) is 0 Å². The first-order valence-corrected chi connectivity index (χ1v) is 5.99. The molecule has 4 heteroatoms. The van der Waals surface area contributed by atoms with E-state index in [0.717, 1.165) is 25.9 Å². The second-order valence-corrected chi connectivity index (χ2v) is 5.55.